The lowest BCUT2D eigenvalue weighted by Gasteiger charge is -2.18. The molecule has 4 aromatic rings. The van der Waals surface area contributed by atoms with Gasteiger partial charge in [-0.25, -0.2) is 10.9 Å². The second-order valence-electron chi connectivity index (χ2n) is 7.09. The molecule has 156 valence electrons. The maximum absolute atomic E-state index is 12.9. The van der Waals surface area contributed by atoms with E-state index in [1.807, 2.05) is 35.7 Å². The largest absolute Gasteiger partial charge is 0.341 e. The van der Waals surface area contributed by atoms with Gasteiger partial charge >= 0.3 is 0 Å². The number of hydrogen-bond donors (Lipinski definition) is 2. The number of amides is 1. The van der Waals surface area contributed by atoms with Gasteiger partial charge in [-0.2, -0.15) is 0 Å². The number of hydrogen-bond acceptors (Lipinski definition) is 4. The van der Waals surface area contributed by atoms with Crippen LogP contribution in [0.25, 0.3) is 10.4 Å². The van der Waals surface area contributed by atoms with Gasteiger partial charge in [0.15, 0.2) is 0 Å². The number of carbonyl (C=O) groups is 1. The number of carbonyl (C=O) groups excluding carboxylic acids is 1. The van der Waals surface area contributed by atoms with E-state index in [1.165, 1.54) is 0 Å². The molecule has 0 fully saturated rings. The zero-order valence-corrected chi connectivity index (χ0v) is 18.3. The molecule has 1 unspecified atom stereocenters. The van der Waals surface area contributed by atoms with Crippen LogP contribution in [0.4, 0.5) is 5.69 Å². The summed E-state index contributed by atoms with van der Waals surface area (Å²) in [6.07, 6.45) is 0.000677. The molecule has 0 aliphatic heterocycles. The molecule has 1 aromatic heterocycles. The van der Waals surface area contributed by atoms with Crippen molar-refractivity contribution < 1.29 is 14.3 Å². The molecule has 0 saturated carbocycles. The van der Waals surface area contributed by atoms with Gasteiger partial charge in [-0.3, -0.25) is 9.36 Å². The van der Waals surface area contributed by atoms with Gasteiger partial charge in [0.25, 0.3) is 5.91 Å². The maximum atomic E-state index is 12.9. The van der Waals surface area contributed by atoms with Crippen molar-refractivity contribution in [2.75, 3.05) is 5.01 Å². The molecule has 3 aromatic carbocycles. The highest BCUT2D eigenvalue weighted by molar-refractivity contribution is 7.65. The summed E-state index contributed by atoms with van der Waals surface area (Å²) in [6, 6.07) is 26.7. The summed E-state index contributed by atoms with van der Waals surface area (Å²) in [6.45, 7) is 0. The van der Waals surface area contributed by atoms with E-state index in [0.717, 1.165) is 15.4 Å². The summed E-state index contributed by atoms with van der Waals surface area (Å²) in [7, 11) is -3.52. The molecule has 3 N–H and O–H groups in total. The SMILES string of the molecule is NN(C(=O)c1ccc(CP(=O)(O)c2ccccc2)cc1)c1cccc(-c2cccs2)c1. The molecule has 0 saturated heterocycles. The topological polar surface area (TPSA) is 83.6 Å². The Morgan fingerprint density at radius 2 is 1.68 bits per heavy atom. The number of nitrogens with two attached hydrogens (primary N) is 1. The van der Waals surface area contributed by atoms with E-state index in [4.69, 9.17) is 5.84 Å². The molecule has 7 heteroatoms. The van der Waals surface area contributed by atoms with Gasteiger partial charge in [-0.05, 0) is 59.0 Å². The molecule has 1 amide bonds. The number of thiophene rings is 1. The first-order valence-corrected chi connectivity index (χ1v) is 12.4. The normalized spacial score (nSPS) is 12.8. The van der Waals surface area contributed by atoms with Crippen LogP contribution >= 0.6 is 18.7 Å². The third-order valence-electron chi connectivity index (χ3n) is 4.91. The van der Waals surface area contributed by atoms with Crippen LogP contribution in [-0.2, 0) is 10.7 Å². The highest BCUT2D eigenvalue weighted by atomic mass is 32.1. The molecule has 0 radical (unpaired) electrons. The fourth-order valence-corrected chi connectivity index (χ4v) is 5.51. The second kappa shape index (κ2) is 9.00. The Labute approximate surface area is 184 Å². The first kappa shape index (κ1) is 21.2. The standard InChI is InChI=1S/C24H21N2O3PS/c25-26(21-7-4-6-20(16-21)23-10-5-15-31-23)24(27)19-13-11-18(12-14-19)17-30(28,29)22-8-2-1-3-9-22/h1-16H,17,25H2,(H,28,29). The van der Waals surface area contributed by atoms with Gasteiger partial charge < -0.3 is 4.89 Å². The molecule has 0 bridgehead atoms. The molecule has 1 heterocycles. The van der Waals surface area contributed by atoms with Crippen LogP contribution in [0.3, 0.4) is 0 Å². The number of nitrogens with zero attached hydrogens (tertiary/aromatic N) is 1. The number of hydrazine groups is 1. The van der Waals surface area contributed by atoms with Crippen LogP contribution in [0.15, 0.2) is 96.4 Å². The predicted molar refractivity (Wildman–Crippen MR) is 127 cm³/mol. The minimum absolute atomic E-state index is 0.000677. The van der Waals surface area contributed by atoms with Crippen molar-refractivity contribution in [1.29, 1.82) is 0 Å². The first-order chi connectivity index (χ1) is 14.9. The quantitative estimate of drug-likeness (QED) is 0.188. The van der Waals surface area contributed by atoms with Crippen molar-refractivity contribution in [3.05, 3.63) is 108 Å². The average Bonchev–Trinajstić information content (AvgIpc) is 3.34. The Morgan fingerprint density at radius 1 is 0.935 bits per heavy atom. The number of anilines is 1. The third kappa shape index (κ3) is 4.84. The van der Waals surface area contributed by atoms with Crippen molar-refractivity contribution in [3.8, 4) is 10.4 Å². The first-order valence-electron chi connectivity index (χ1n) is 9.63. The van der Waals surface area contributed by atoms with Crippen molar-refractivity contribution in [2.24, 2.45) is 5.84 Å². The Balaban J connectivity index is 1.50. The number of benzene rings is 3. The van der Waals surface area contributed by atoms with Crippen molar-refractivity contribution in [2.45, 2.75) is 6.16 Å². The molecule has 0 aliphatic carbocycles. The van der Waals surface area contributed by atoms with E-state index < -0.39 is 7.37 Å². The Morgan fingerprint density at radius 3 is 2.35 bits per heavy atom. The summed E-state index contributed by atoms with van der Waals surface area (Å²) in [5.74, 6) is 5.75. The van der Waals surface area contributed by atoms with Crippen LogP contribution in [0, 0.1) is 0 Å². The lowest BCUT2D eigenvalue weighted by molar-refractivity contribution is 0.0987. The Kier molecular flexibility index (Phi) is 6.16. The fourth-order valence-electron chi connectivity index (χ4n) is 3.26. The predicted octanol–water partition coefficient (Wildman–Crippen LogP) is 5.03. The molecule has 4 rings (SSSR count). The van der Waals surface area contributed by atoms with E-state index in [-0.39, 0.29) is 12.1 Å². The van der Waals surface area contributed by atoms with Crippen LogP contribution in [0.2, 0.25) is 0 Å². The zero-order chi connectivity index (χ0) is 21.8. The molecular weight excluding hydrogens is 427 g/mol. The fraction of sp³-hybridized carbons (Fsp3) is 0.0417. The average molecular weight is 448 g/mol. The number of rotatable bonds is 6. The van der Waals surface area contributed by atoms with Crippen molar-refractivity contribution >= 4 is 35.6 Å². The minimum Gasteiger partial charge on any atom is -0.341 e. The molecule has 0 aliphatic rings. The molecule has 1 atom stereocenters. The van der Waals surface area contributed by atoms with Gasteiger partial charge in [0.1, 0.15) is 0 Å². The third-order valence-corrected chi connectivity index (χ3v) is 7.72. The minimum atomic E-state index is -3.52. The summed E-state index contributed by atoms with van der Waals surface area (Å²) >= 11 is 1.62. The Hall–Kier alpha value is -3.02. The van der Waals surface area contributed by atoms with E-state index in [2.05, 4.69) is 0 Å². The molecule has 31 heavy (non-hydrogen) atoms. The van der Waals surface area contributed by atoms with E-state index in [1.54, 1.807) is 72.0 Å². The molecule has 5 nitrogen and oxygen atoms in total. The van der Waals surface area contributed by atoms with E-state index >= 15 is 0 Å². The van der Waals surface area contributed by atoms with Crippen molar-refractivity contribution in [3.63, 3.8) is 0 Å². The van der Waals surface area contributed by atoms with E-state index in [0.29, 0.717) is 22.1 Å². The smallest absolute Gasteiger partial charge is 0.272 e. The zero-order valence-electron chi connectivity index (χ0n) is 16.6. The van der Waals surface area contributed by atoms with E-state index in [9.17, 15) is 14.3 Å². The summed E-state index contributed by atoms with van der Waals surface area (Å²) < 4.78 is 12.7. The van der Waals surface area contributed by atoms with Crippen LogP contribution in [0.5, 0.6) is 0 Å². The Bertz CT molecular complexity index is 1230. The molecular formula is C24H21N2O3PS. The maximum Gasteiger partial charge on any atom is 0.272 e. The second-order valence-corrected chi connectivity index (χ2v) is 10.3. The lowest BCUT2D eigenvalue weighted by atomic mass is 10.1. The van der Waals surface area contributed by atoms with Crippen molar-refractivity contribution in [1.82, 2.24) is 0 Å². The highest BCUT2D eigenvalue weighted by Crippen LogP contribution is 2.43. The van der Waals surface area contributed by atoms with Gasteiger partial charge in [-0.1, -0.05) is 48.5 Å². The van der Waals surface area contributed by atoms with Gasteiger partial charge in [0.05, 0.1) is 11.8 Å². The molecule has 0 spiro atoms. The van der Waals surface area contributed by atoms with Crippen LogP contribution in [0.1, 0.15) is 15.9 Å². The van der Waals surface area contributed by atoms with Crippen LogP contribution in [-0.4, -0.2) is 10.8 Å². The highest BCUT2D eigenvalue weighted by Gasteiger charge is 2.22. The van der Waals surface area contributed by atoms with Gasteiger partial charge in [0.2, 0.25) is 7.37 Å². The summed E-state index contributed by atoms with van der Waals surface area (Å²) in [5, 5.41) is 3.53. The monoisotopic (exact) mass is 448 g/mol. The lowest BCUT2D eigenvalue weighted by Crippen LogP contribution is -2.37. The van der Waals surface area contributed by atoms with Gasteiger partial charge in [-0.15, -0.1) is 11.3 Å². The van der Waals surface area contributed by atoms with Crippen LogP contribution < -0.4 is 16.2 Å². The summed E-state index contributed by atoms with van der Waals surface area (Å²) in [5.41, 5.74) is 2.66. The van der Waals surface area contributed by atoms with Gasteiger partial charge in [0, 0.05) is 15.7 Å². The summed E-state index contributed by atoms with van der Waals surface area (Å²) in [4.78, 5) is 24.4.